The topological polar surface area (TPSA) is 137 Å². The predicted octanol–water partition coefficient (Wildman–Crippen LogP) is -2.14. The van der Waals surface area contributed by atoms with Crippen LogP contribution < -0.4 is 11.5 Å². The Morgan fingerprint density at radius 1 is 1.71 bits per heavy atom. The zero-order valence-corrected chi connectivity index (χ0v) is 8.98. The summed E-state index contributed by atoms with van der Waals surface area (Å²) < 4.78 is 6.57. The van der Waals surface area contributed by atoms with Crippen LogP contribution in [0.4, 0.5) is 5.82 Å². The molecule has 6 N–H and O–H groups in total. The molecule has 8 nitrogen and oxygen atoms in total. The van der Waals surface area contributed by atoms with Crippen LogP contribution in [0.5, 0.6) is 0 Å². The predicted molar refractivity (Wildman–Crippen MR) is 57.0 cm³/mol. The molecule has 1 fully saturated rings. The van der Waals surface area contributed by atoms with Crippen LogP contribution in [0.1, 0.15) is 16.5 Å². The van der Waals surface area contributed by atoms with E-state index in [-0.39, 0.29) is 24.7 Å². The van der Waals surface area contributed by atoms with Gasteiger partial charge in [-0.25, -0.2) is 4.98 Å². The molecule has 2 rings (SSSR count). The molecular weight excluding hydrogens is 228 g/mol. The molecule has 8 heteroatoms. The molecule has 1 aromatic rings. The van der Waals surface area contributed by atoms with Gasteiger partial charge in [0.1, 0.15) is 12.2 Å². The van der Waals surface area contributed by atoms with Crippen LogP contribution in [-0.4, -0.2) is 51.1 Å². The summed E-state index contributed by atoms with van der Waals surface area (Å²) in [6.45, 7) is -0.143. The van der Waals surface area contributed by atoms with Gasteiger partial charge in [-0.05, 0) is 0 Å². The van der Waals surface area contributed by atoms with Gasteiger partial charge in [0.05, 0.1) is 25.6 Å². The van der Waals surface area contributed by atoms with E-state index in [2.05, 4.69) is 4.98 Å². The van der Waals surface area contributed by atoms with Crippen molar-refractivity contribution in [2.45, 2.75) is 18.2 Å². The van der Waals surface area contributed by atoms with E-state index in [4.69, 9.17) is 21.3 Å². The van der Waals surface area contributed by atoms with Crippen molar-refractivity contribution >= 4 is 11.7 Å². The van der Waals surface area contributed by atoms with Crippen molar-refractivity contribution < 1.29 is 19.7 Å². The Morgan fingerprint density at radius 3 is 2.94 bits per heavy atom. The first-order valence-electron chi connectivity index (χ1n) is 5.09. The Labute approximate surface area is 96.8 Å². The molecule has 0 saturated carbocycles. The lowest BCUT2D eigenvalue weighted by atomic mass is 10.1. The monoisotopic (exact) mass is 242 g/mol. The quantitative estimate of drug-likeness (QED) is 0.477. The second-order valence-corrected chi connectivity index (χ2v) is 3.86. The van der Waals surface area contributed by atoms with Gasteiger partial charge in [0.15, 0.2) is 11.5 Å². The Bertz CT molecular complexity index is 433. The molecule has 0 radical (unpaired) electrons. The Balaban J connectivity index is 2.32. The highest BCUT2D eigenvalue weighted by atomic mass is 16.5. The molecule has 0 bridgehead atoms. The maximum absolute atomic E-state index is 11.2. The number of nitrogens with two attached hydrogens (primary N) is 2. The zero-order chi connectivity index (χ0) is 12.6. The summed E-state index contributed by atoms with van der Waals surface area (Å²) in [6.07, 6.45) is -0.289. The van der Waals surface area contributed by atoms with Crippen molar-refractivity contribution in [3.63, 3.8) is 0 Å². The second kappa shape index (κ2) is 4.32. The van der Waals surface area contributed by atoms with Crippen LogP contribution in [-0.2, 0) is 4.74 Å². The van der Waals surface area contributed by atoms with Crippen LogP contribution in [0, 0.1) is 0 Å². The van der Waals surface area contributed by atoms with E-state index in [1.807, 2.05) is 0 Å². The molecule has 17 heavy (non-hydrogen) atoms. The third-order valence-electron chi connectivity index (χ3n) is 2.85. The number of imidazole rings is 1. The van der Waals surface area contributed by atoms with E-state index >= 15 is 0 Å². The normalized spacial score (nSPS) is 28.5. The lowest BCUT2D eigenvalue weighted by Gasteiger charge is -2.18. The Hall–Kier alpha value is -1.64. The molecule has 1 saturated heterocycles. The molecule has 1 amide bonds. The highest BCUT2D eigenvalue weighted by Gasteiger charge is 2.38. The molecule has 0 unspecified atom stereocenters. The summed E-state index contributed by atoms with van der Waals surface area (Å²) in [5, 5.41) is 18.8. The van der Waals surface area contributed by atoms with Gasteiger partial charge in [-0.1, -0.05) is 0 Å². The molecule has 1 aliphatic heterocycles. The third-order valence-corrected chi connectivity index (χ3v) is 2.85. The molecule has 0 aromatic carbocycles. The number of carbonyl (C=O) groups is 1. The number of nitrogen functional groups attached to an aromatic ring is 1. The number of aliphatic hydroxyl groups is 2. The summed E-state index contributed by atoms with van der Waals surface area (Å²) in [4.78, 5) is 15.0. The summed E-state index contributed by atoms with van der Waals surface area (Å²) in [5.74, 6) is -0.711. The molecule has 94 valence electrons. The largest absolute Gasteiger partial charge is 0.394 e. The van der Waals surface area contributed by atoms with E-state index in [1.165, 1.54) is 10.9 Å². The van der Waals surface area contributed by atoms with Gasteiger partial charge in [0.25, 0.3) is 5.91 Å². The maximum atomic E-state index is 11.2. The van der Waals surface area contributed by atoms with Crippen molar-refractivity contribution in [3.05, 3.63) is 12.0 Å². The van der Waals surface area contributed by atoms with Crippen LogP contribution in [0.15, 0.2) is 6.33 Å². The summed E-state index contributed by atoms with van der Waals surface area (Å²) in [5.41, 5.74) is 10.7. The number of aromatic nitrogens is 2. The minimum atomic E-state index is -0.938. The standard InChI is InChI=1S/C9H14N4O4/c10-8-6(9(11)16)13(3-12-8)4-2-17-5(1-14)7(4)15/h3-5,7,14-15H,1-2,10H2,(H2,11,16)/t4-,5+,7-/m1/s1. The molecule has 1 aliphatic rings. The number of amides is 1. The number of primary amides is 1. The first-order valence-corrected chi connectivity index (χ1v) is 5.09. The van der Waals surface area contributed by atoms with E-state index in [0.717, 1.165) is 0 Å². The van der Waals surface area contributed by atoms with E-state index in [9.17, 15) is 9.90 Å². The molecule has 3 atom stereocenters. The van der Waals surface area contributed by atoms with Crippen molar-refractivity contribution in [1.29, 1.82) is 0 Å². The number of aliphatic hydroxyl groups excluding tert-OH is 2. The van der Waals surface area contributed by atoms with Gasteiger partial charge < -0.3 is 31.0 Å². The number of ether oxygens (including phenoxy) is 1. The fourth-order valence-corrected chi connectivity index (χ4v) is 1.95. The highest BCUT2D eigenvalue weighted by molar-refractivity contribution is 5.95. The van der Waals surface area contributed by atoms with Gasteiger partial charge in [-0.3, -0.25) is 4.79 Å². The minimum Gasteiger partial charge on any atom is -0.394 e. The lowest BCUT2D eigenvalue weighted by Crippen LogP contribution is -2.32. The summed E-state index contributed by atoms with van der Waals surface area (Å²) in [7, 11) is 0. The van der Waals surface area contributed by atoms with Crippen LogP contribution in [0.2, 0.25) is 0 Å². The SMILES string of the molecule is NC(=O)c1c(N)ncn1[C@@H]1CO[C@@H](CO)[C@@H]1O. The van der Waals surface area contributed by atoms with Gasteiger partial charge in [-0.2, -0.15) is 0 Å². The molecular formula is C9H14N4O4. The first-order chi connectivity index (χ1) is 8.06. The van der Waals surface area contributed by atoms with E-state index in [0.29, 0.717) is 0 Å². The van der Waals surface area contributed by atoms with Gasteiger partial charge in [0.2, 0.25) is 0 Å². The first kappa shape index (κ1) is 11.8. The molecule has 0 aliphatic carbocycles. The zero-order valence-electron chi connectivity index (χ0n) is 8.98. The van der Waals surface area contributed by atoms with Crippen LogP contribution >= 0.6 is 0 Å². The number of hydrogen-bond donors (Lipinski definition) is 4. The Kier molecular flexibility index (Phi) is 3.01. The minimum absolute atomic E-state index is 0.0112. The van der Waals surface area contributed by atoms with Crippen LogP contribution in [0.25, 0.3) is 0 Å². The number of rotatable bonds is 3. The smallest absolute Gasteiger partial charge is 0.269 e. The average Bonchev–Trinajstić information content (AvgIpc) is 2.81. The highest BCUT2D eigenvalue weighted by Crippen LogP contribution is 2.27. The number of nitrogens with zero attached hydrogens (tertiary/aromatic N) is 2. The average molecular weight is 242 g/mol. The van der Waals surface area contributed by atoms with Gasteiger partial charge in [-0.15, -0.1) is 0 Å². The Morgan fingerprint density at radius 2 is 2.41 bits per heavy atom. The van der Waals surface area contributed by atoms with Crippen LogP contribution in [0.3, 0.4) is 0 Å². The fourth-order valence-electron chi connectivity index (χ4n) is 1.95. The van der Waals surface area contributed by atoms with E-state index in [1.54, 1.807) is 0 Å². The third kappa shape index (κ3) is 1.86. The summed E-state index contributed by atoms with van der Waals surface area (Å²) >= 11 is 0. The maximum Gasteiger partial charge on any atom is 0.269 e. The van der Waals surface area contributed by atoms with Crippen molar-refractivity contribution in [1.82, 2.24) is 9.55 Å². The number of hydrogen-bond acceptors (Lipinski definition) is 6. The molecule has 1 aromatic heterocycles. The molecule has 2 heterocycles. The fraction of sp³-hybridized carbons (Fsp3) is 0.556. The second-order valence-electron chi connectivity index (χ2n) is 3.86. The van der Waals surface area contributed by atoms with Crippen molar-refractivity contribution in [2.75, 3.05) is 18.9 Å². The lowest BCUT2D eigenvalue weighted by molar-refractivity contribution is 0.00196. The molecule has 0 spiro atoms. The number of carbonyl (C=O) groups excluding carboxylic acids is 1. The number of anilines is 1. The van der Waals surface area contributed by atoms with Crippen molar-refractivity contribution in [2.24, 2.45) is 5.73 Å². The van der Waals surface area contributed by atoms with E-state index < -0.39 is 24.2 Å². The van der Waals surface area contributed by atoms with Gasteiger partial charge >= 0.3 is 0 Å². The van der Waals surface area contributed by atoms with Gasteiger partial charge in [0, 0.05) is 0 Å². The summed E-state index contributed by atoms with van der Waals surface area (Å²) in [6, 6.07) is -0.528. The van der Waals surface area contributed by atoms with Crippen molar-refractivity contribution in [3.8, 4) is 0 Å².